The molecule has 82 valence electrons. The lowest BCUT2D eigenvalue weighted by molar-refractivity contribution is 0.0693. The fourth-order valence-corrected chi connectivity index (χ4v) is 1.68. The Morgan fingerprint density at radius 3 is 2.88 bits per heavy atom. The zero-order valence-electron chi connectivity index (χ0n) is 8.40. The molecule has 2 aromatic rings. The Hall–Kier alpha value is -1.81. The monoisotopic (exact) mass is 237 g/mol. The van der Waals surface area contributed by atoms with Gasteiger partial charge in [0, 0.05) is 16.6 Å². The van der Waals surface area contributed by atoms with Gasteiger partial charge < -0.3 is 9.84 Å². The van der Waals surface area contributed by atoms with Gasteiger partial charge in [-0.25, -0.2) is 4.79 Å². The smallest absolute Gasteiger partial charge is 0.341 e. The van der Waals surface area contributed by atoms with E-state index in [2.05, 4.69) is 4.98 Å². The van der Waals surface area contributed by atoms with Gasteiger partial charge >= 0.3 is 5.97 Å². The zero-order valence-corrected chi connectivity index (χ0v) is 9.15. The highest BCUT2D eigenvalue weighted by atomic mass is 35.5. The number of rotatable bonds is 2. The largest absolute Gasteiger partial charge is 0.495 e. The summed E-state index contributed by atoms with van der Waals surface area (Å²) in [7, 11) is 1.43. The summed E-state index contributed by atoms with van der Waals surface area (Å²) in [5.74, 6) is -0.768. The Balaban J connectivity index is 2.80. The highest BCUT2D eigenvalue weighted by Crippen LogP contribution is 2.29. The quantitative estimate of drug-likeness (QED) is 0.872. The Labute approximate surface area is 96.4 Å². The van der Waals surface area contributed by atoms with Gasteiger partial charge in [-0.05, 0) is 18.2 Å². The number of benzene rings is 1. The SMILES string of the molecule is COc1c(C(=O)O)cnc2cc(Cl)ccc12. The second-order valence-corrected chi connectivity index (χ2v) is 3.61. The van der Waals surface area contributed by atoms with Crippen molar-refractivity contribution in [2.45, 2.75) is 0 Å². The topological polar surface area (TPSA) is 59.4 Å². The lowest BCUT2D eigenvalue weighted by Crippen LogP contribution is -2.02. The van der Waals surface area contributed by atoms with Crippen molar-refractivity contribution in [2.24, 2.45) is 0 Å². The number of ether oxygens (including phenoxy) is 1. The van der Waals surface area contributed by atoms with Gasteiger partial charge in [0.05, 0.1) is 12.6 Å². The van der Waals surface area contributed by atoms with Crippen LogP contribution in [0.4, 0.5) is 0 Å². The van der Waals surface area contributed by atoms with E-state index in [9.17, 15) is 4.79 Å². The van der Waals surface area contributed by atoms with Crippen LogP contribution in [0, 0.1) is 0 Å². The van der Waals surface area contributed by atoms with Gasteiger partial charge in [0.1, 0.15) is 11.3 Å². The first kappa shape index (κ1) is 10.7. The molecule has 1 aromatic heterocycles. The number of aromatic carboxylic acids is 1. The molecular formula is C11H8ClNO3. The molecule has 0 aliphatic heterocycles. The Bertz CT molecular complexity index is 568. The molecule has 0 unspecified atom stereocenters. The van der Waals surface area contributed by atoms with Crippen LogP contribution in [-0.4, -0.2) is 23.2 Å². The first-order chi connectivity index (χ1) is 7.63. The summed E-state index contributed by atoms with van der Waals surface area (Å²) in [6, 6.07) is 5.01. The third-order valence-electron chi connectivity index (χ3n) is 2.22. The molecule has 1 heterocycles. The maximum atomic E-state index is 10.9. The van der Waals surface area contributed by atoms with Gasteiger partial charge in [-0.1, -0.05) is 11.6 Å². The van der Waals surface area contributed by atoms with Crippen molar-refractivity contribution >= 4 is 28.5 Å². The predicted molar refractivity (Wildman–Crippen MR) is 60.3 cm³/mol. The molecule has 5 heteroatoms. The molecule has 1 aromatic carbocycles. The molecule has 0 aliphatic rings. The highest BCUT2D eigenvalue weighted by Gasteiger charge is 2.14. The Morgan fingerprint density at radius 1 is 1.50 bits per heavy atom. The number of fused-ring (bicyclic) bond motifs is 1. The summed E-state index contributed by atoms with van der Waals surface area (Å²) in [4.78, 5) is 15.0. The Kier molecular flexibility index (Phi) is 2.66. The molecule has 16 heavy (non-hydrogen) atoms. The van der Waals surface area contributed by atoms with Crippen molar-refractivity contribution in [1.29, 1.82) is 0 Å². The fraction of sp³-hybridized carbons (Fsp3) is 0.0909. The number of hydrogen-bond donors (Lipinski definition) is 1. The lowest BCUT2D eigenvalue weighted by Gasteiger charge is -2.08. The van der Waals surface area contributed by atoms with Crippen molar-refractivity contribution in [3.8, 4) is 5.75 Å². The highest BCUT2D eigenvalue weighted by molar-refractivity contribution is 6.31. The van der Waals surface area contributed by atoms with Gasteiger partial charge in [-0.3, -0.25) is 4.98 Å². The molecule has 0 bridgehead atoms. The van der Waals surface area contributed by atoms with Gasteiger partial charge in [0.25, 0.3) is 0 Å². The molecule has 0 saturated heterocycles. The van der Waals surface area contributed by atoms with Crippen LogP contribution in [0.1, 0.15) is 10.4 Å². The minimum Gasteiger partial charge on any atom is -0.495 e. The average molecular weight is 238 g/mol. The summed E-state index contributed by atoms with van der Waals surface area (Å²) >= 11 is 5.82. The summed E-state index contributed by atoms with van der Waals surface area (Å²) in [5.41, 5.74) is 0.645. The van der Waals surface area contributed by atoms with Crippen molar-refractivity contribution in [1.82, 2.24) is 4.98 Å². The van der Waals surface area contributed by atoms with E-state index in [1.165, 1.54) is 13.3 Å². The van der Waals surface area contributed by atoms with Crippen molar-refractivity contribution in [3.63, 3.8) is 0 Å². The molecular weight excluding hydrogens is 230 g/mol. The minimum atomic E-state index is -1.07. The predicted octanol–water partition coefficient (Wildman–Crippen LogP) is 2.60. The van der Waals surface area contributed by atoms with Crippen LogP contribution in [0.25, 0.3) is 10.9 Å². The van der Waals surface area contributed by atoms with Crippen molar-refractivity contribution in [3.05, 3.63) is 35.0 Å². The van der Waals surface area contributed by atoms with Crippen LogP contribution in [0.5, 0.6) is 5.75 Å². The van der Waals surface area contributed by atoms with Crippen molar-refractivity contribution in [2.75, 3.05) is 7.11 Å². The van der Waals surface area contributed by atoms with E-state index >= 15 is 0 Å². The van der Waals surface area contributed by atoms with Crippen LogP contribution >= 0.6 is 11.6 Å². The maximum Gasteiger partial charge on any atom is 0.341 e. The van der Waals surface area contributed by atoms with Crippen LogP contribution in [0.3, 0.4) is 0 Å². The van der Waals surface area contributed by atoms with E-state index in [1.54, 1.807) is 18.2 Å². The maximum absolute atomic E-state index is 10.9. The fourth-order valence-electron chi connectivity index (χ4n) is 1.51. The summed E-state index contributed by atoms with van der Waals surface area (Å²) in [6.07, 6.45) is 1.26. The lowest BCUT2D eigenvalue weighted by atomic mass is 10.1. The first-order valence-corrected chi connectivity index (χ1v) is 4.87. The molecule has 0 fully saturated rings. The molecule has 0 saturated carbocycles. The third kappa shape index (κ3) is 1.67. The third-order valence-corrected chi connectivity index (χ3v) is 2.45. The molecule has 0 aliphatic carbocycles. The number of nitrogens with zero attached hydrogens (tertiary/aromatic N) is 1. The minimum absolute atomic E-state index is 0.0392. The molecule has 0 spiro atoms. The van der Waals surface area contributed by atoms with E-state index in [1.807, 2.05) is 0 Å². The van der Waals surface area contributed by atoms with Gasteiger partial charge in [-0.2, -0.15) is 0 Å². The van der Waals surface area contributed by atoms with Crippen LogP contribution in [0.2, 0.25) is 5.02 Å². The number of hydrogen-bond acceptors (Lipinski definition) is 3. The van der Waals surface area contributed by atoms with Crippen LogP contribution in [-0.2, 0) is 0 Å². The summed E-state index contributed by atoms with van der Waals surface area (Å²) < 4.78 is 5.10. The second kappa shape index (κ2) is 3.98. The zero-order chi connectivity index (χ0) is 11.7. The van der Waals surface area contributed by atoms with E-state index in [0.29, 0.717) is 21.7 Å². The standard InChI is InChI=1S/C11H8ClNO3/c1-16-10-7-3-2-6(12)4-9(7)13-5-8(10)11(14)15/h2-5H,1H3,(H,14,15). The number of pyridine rings is 1. The van der Waals surface area contributed by atoms with Gasteiger partial charge in [0.2, 0.25) is 0 Å². The number of halogens is 1. The second-order valence-electron chi connectivity index (χ2n) is 3.17. The van der Waals surface area contributed by atoms with E-state index in [0.717, 1.165) is 0 Å². The molecule has 0 atom stereocenters. The van der Waals surface area contributed by atoms with E-state index in [4.69, 9.17) is 21.4 Å². The van der Waals surface area contributed by atoms with E-state index in [-0.39, 0.29) is 5.56 Å². The molecule has 2 rings (SSSR count). The number of carboxylic acid groups (broad SMARTS) is 1. The van der Waals surface area contributed by atoms with Crippen molar-refractivity contribution < 1.29 is 14.6 Å². The van der Waals surface area contributed by atoms with Gasteiger partial charge in [-0.15, -0.1) is 0 Å². The normalized spacial score (nSPS) is 10.4. The Morgan fingerprint density at radius 2 is 2.25 bits per heavy atom. The van der Waals surface area contributed by atoms with Crippen LogP contribution < -0.4 is 4.74 Å². The number of methoxy groups -OCH3 is 1. The number of aromatic nitrogens is 1. The van der Waals surface area contributed by atoms with E-state index < -0.39 is 5.97 Å². The van der Waals surface area contributed by atoms with Gasteiger partial charge in [0.15, 0.2) is 0 Å². The summed E-state index contributed by atoms with van der Waals surface area (Å²) in [5, 5.41) is 10.1. The molecule has 1 N–H and O–H groups in total. The average Bonchev–Trinajstić information content (AvgIpc) is 2.26. The van der Waals surface area contributed by atoms with Crippen LogP contribution in [0.15, 0.2) is 24.4 Å². The first-order valence-electron chi connectivity index (χ1n) is 4.49. The molecule has 4 nitrogen and oxygen atoms in total. The molecule has 0 amide bonds. The molecule has 0 radical (unpaired) electrons. The number of carboxylic acids is 1. The number of carbonyl (C=O) groups is 1. The summed E-state index contributed by atoms with van der Waals surface area (Å²) in [6.45, 7) is 0.